The van der Waals surface area contributed by atoms with E-state index in [-0.39, 0.29) is 0 Å². The molecule has 30 heavy (non-hydrogen) atoms. The lowest BCUT2D eigenvalue weighted by molar-refractivity contribution is 0.340. The molecule has 0 unspecified atom stereocenters. The second kappa shape index (κ2) is 9.09. The lowest BCUT2D eigenvalue weighted by Crippen LogP contribution is -1.92. The van der Waals surface area contributed by atoms with Crippen molar-refractivity contribution in [2.45, 2.75) is 31.6 Å². The van der Waals surface area contributed by atoms with Gasteiger partial charge in [0.05, 0.1) is 18.1 Å². The first-order chi connectivity index (χ1) is 14.6. The molecule has 0 aliphatic rings. The molecule has 0 N–H and O–H groups in total. The van der Waals surface area contributed by atoms with E-state index in [1.165, 1.54) is 22.9 Å². The molecular weight excluding hydrogens is 396 g/mol. The van der Waals surface area contributed by atoms with Gasteiger partial charge in [-0.1, -0.05) is 29.1 Å². The zero-order valence-electron chi connectivity index (χ0n) is 17.1. The van der Waals surface area contributed by atoms with Crippen LogP contribution in [-0.4, -0.2) is 26.9 Å². The SMILES string of the molecule is CCOc1ccc(-c2ccc(SCc3nc(-c4ccc(C)c(C)c4)no3)nn2)cc1. The third-order valence-electron chi connectivity index (χ3n) is 4.68. The predicted molar refractivity (Wildman–Crippen MR) is 117 cm³/mol. The Bertz CT molecular complexity index is 1120. The molecule has 0 aliphatic carbocycles. The zero-order valence-corrected chi connectivity index (χ0v) is 17.9. The number of benzene rings is 2. The van der Waals surface area contributed by atoms with Crippen molar-refractivity contribution in [1.29, 1.82) is 0 Å². The minimum absolute atomic E-state index is 0.537. The third-order valence-corrected chi connectivity index (χ3v) is 5.58. The van der Waals surface area contributed by atoms with Gasteiger partial charge in [-0.15, -0.1) is 10.2 Å². The molecule has 2 aromatic carbocycles. The molecule has 152 valence electrons. The monoisotopic (exact) mass is 418 g/mol. The highest BCUT2D eigenvalue weighted by atomic mass is 32.2. The van der Waals surface area contributed by atoms with Crippen molar-refractivity contribution >= 4 is 11.8 Å². The van der Waals surface area contributed by atoms with Crippen molar-refractivity contribution in [3.63, 3.8) is 0 Å². The van der Waals surface area contributed by atoms with E-state index in [0.717, 1.165) is 27.6 Å². The van der Waals surface area contributed by atoms with Crippen LogP contribution in [0.25, 0.3) is 22.6 Å². The van der Waals surface area contributed by atoms with E-state index in [2.05, 4.69) is 46.3 Å². The van der Waals surface area contributed by atoms with Crippen molar-refractivity contribution in [3.05, 3.63) is 71.6 Å². The highest BCUT2D eigenvalue weighted by Crippen LogP contribution is 2.25. The Hall–Kier alpha value is -3.19. The van der Waals surface area contributed by atoms with Gasteiger partial charge in [0.2, 0.25) is 11.7 Å². The van der Waals surface area contributed by atoms with E-state index in [0.29, 0.717) is 24.1 Å². The largest absolute Gasteiger partial charge is 0.494 e. The number of rotatable bonds is 7. The molecule has 7 heteroatoms. The molecule has 0 spiro atoms. The summed E-state index contributed by atoms with van der Waals surface area (Å²) in [6, 6.07) is 17.9. The van der Waals surface area contributed by atoms with E-state index in [1.807, 2.05) is 49.4 Å². The highest BCUT2D eigenvalue weighted by Gasteiger charge is 2.11. The number of nitrogens with zero attached hydrogens (tertiary/aromatic N) is 4. The normalized spacial score (nSPS) is 10.9. The number of hydrogen-bond donors (Lipinski definition) is 0. The average Bonchev–Trinajstić information content (AvgIpc) is 3.24. The van der Waals surface area contributed by atoms with Crippen molar-refractivity contribution in [3.8, 4) is 28.4 Å². The molecule has 0 saturated heterocycles. The first-order valence-electron chi connectivity index (χ1n) is 9.72. The number of hydrogen-bond acceptors (Lipinski definition) is 7. The molecule has 0 bridgehead atoms. The second-order valence-electron chi connectivity index (χ2n) is 6.81. The van der Waals surface area contributed by atoms with Gasteiger partial charge in [0.25, 0.3) is 0 Å². The summed E-state index contributed by atoms with van der Waals surface area (Å²) in [6.07, 6.45) is 0. The average molecular weight is 419 g/mol. The molecule has 0 saturated carbocycles. The molecule has 0 radical (unpaired) electrons. The number of thioether (sulfide) groups is 1. The summed E-state index contributed by atoms with van der Waals surface area (Å²) < 4.78 is 10.9. The Morgan fingerprint density at radius 2 is 1.70 bits per heavy atom. The second-order valence-corrected chi connectivity index (χ2v) is 7.81. The van der Waals surface area contributed by atoms with Crippen LogP contribution < -0.4 is 4.74 Å². The Kier molecular flexibility index (Phi) is 6.09. The Morgan fingerprint density at radius 1 is 0.900 bits per heavy atom. The van der Waals surface area contributed by atoms with Crippen molar-refractivity contribution in [1.82, 2.24) is 20.3 Å². The van der Waals surface area contributed by atoms with E-state index in [4.69, 9.17) is 9.26 Å². The summed E-state index contributed by atoms with van der Waals surface area (Å²) in [5, 5.41) is 13.5. The van der Waals surface area contributed by atoms with E-state index >= 15 is 0 Å². The molecular formula is C23H22N4O2S. The first kappa shape index (κ1) is 20.1. The Morgan fingerprint density at radius 3 is 2.40 bits per heavy atom. The van der Waals surface area contributed by atoms with Crippen LogP contribution >= 0.6 is 11.8 Å². The van der Waals surface area contributed by atoms with E-state index < -0.39 is 0 Å². The van der Waals surface area contributed by atoms with Crippen LogP contribution in [0.1, 0.15) is 23.9 Å². The van der Waals surface area contributed by atoms with Gasteiger partial charge in [-0.2, -0.15) is 4.98 Å². The summed E-state index contributed by atoms with van der Waals surface area (Å²) >= 11 is 1.51. The van der Waals surface area contributed by atoms with Crippen molar-refractivity contribution in [2.24, 2.45) is 0 Å². The highest BCUT2D eigenvalue weighted by molar-refractivity contribution is 7.98. The fourth-order valence-electron chi connectivity index (χ4n) is 2.89. The molecule has 2 aromatic heterocycles. The van der Waals surface area contributed by atoms with E-state index in [1.54, 1.807) is 0 Å². The fraction of sp³-hybridized carbons (Fsp3) is 0.217. The maximum Gasteiger partial charge on any atom is 0.237 e. The maximum absolute atomic E-state index is 5.47. The van der Waals surface area contributed by atoms with Gasteiger partial charge < -0.3 is 9.26 Å². The minimum atomic E-state index is 0.537. The van der Waals surface area contributed by atoms with Gasteiger partial charge in [-0.05, 0) is 74.4 Å². The summed E-state index contributed by atoms with van der Waals surface area (Å²) in [5.41, 5.74) is 5.22. The van der Waals surface area contributed by atoms with Crippen molar-refractivity contribution < 1.29 is 9.26 Å². The maximum atomic E-state index is 5.47. The van der Waals surface area contributed by atoms with Crippen LogP contribution in [0.3, 0.4) is 0 Å². The topological polar surface area (TPSA) is 73.9 Å². The molecule has 2 heterocycles. The van der Waals surface area contributed by atoms with Crippen molar-refractivity contribution in [2.75, 3.05) is 6.61 Å². The molecule has 0 aliphatic heterocycles. The standard InChI is InChI=1S/C23H22N4O2S/c1-4-28-19-9-7-17(8-10-19)20-11-12-22(26-25-20)30-14-21-24-23(27-29-21)18-6-5-15(2)16(3)13-18/h5-13H,4,14H2,1-3H3. The Balaban J connectivity index is 1.38. The third kappa shape index (κ3) is 4.68. The molecule has 4 aromatic rings. The van der Waals surface area contributed by atoms with Crippen LogP contribution in [0.2, 0.25) is 0 Å². The smallest absolute Gasteiger partial charge is 0.237 e. The lowest BCUT2D eigenvalue weighted by atomic mass is 10.1. The van der Waals surface area contributed by atoms with Gasteiger partial charge in [-0.25, -0.2) is 0 Å². The van der Waals surface area contributed by atoms with Gasteiger partial charge in [0.15, 0.2) is 0 Å². The van der Waals surface area contributed by atoms with Crippen LogP contribution in [0.15, 0.2) is 64.1 Å². The van der Waals surface area contributed by atoms with Gasteiger partial charge in [-0.3, -0.25) is 0 Å². The number of aromatic nitrogens is 4. The molecule has 0 atom stereocenters. The van der Waals surface area contributed by atoms with Gasteiger partial charge >= 0.3 is 0 Å². The number of aryl methyl sites for hydroxylation is 2. The minimum Gasteiger partial charge on any atom is -0.494 e. The van der Waals surface area contributed by atoms with Crippen LogP contribution in [0.5, 0.6) is 5.75 Å². The molecule has 0 amide bonds. The van der Waals surface area contributed by atoms with Crippen LogP contribution in [-0.2, 0) is 5.75 Å². The van der Waals surface area contributed by atoms with Crippen LogP contribution in [0.4, 0.5) is 0 Å². The first-order valence-corrected chi connectivity index (χ1v) is 10.7. The van der Waals surface area contributed by atoms with Gasteiger partial charge in [0, 0.05) is 11.1 Å². The summed E-state index contributed by atoms with van der Waals surface area (Å²) in [5.74, 6) is 2.55. The zero-order chi connectivity index (χ0) is 20.9. The Labute approximate surface area is 179 Å². The van der Waals surface area contributed by atoms with E-state index in [9.17, 15) is 0 Å². The molecule has 4 rings (SSSR count). The lowest BCUT2D eigenvalue weighted by Gasteiger charge is -2.04. The summed E-state index contributed by atoms with van der Waals surface area (Å²) in [7, 11) is 0. The quantitative estimate of drug-likeness (QED) is 0.367. The fourth-order valence-corrected chi connectivity index (χ4v) is 3.54. The molecule has 0 fully saturated rings. The van der Waals surface area contributed by atoms with Crippen LogP contribution in [0, 0.1) is 13.8 Å². The summed E-state index contributed by atoms with van der Waals surface area (Å²) in [6.45, 7) is 6.77. The number of ether oxygens (including phenoxy) is 1. The van der Waals surface area contributed by atoms with Gasteiger partial charge in [0.1, 0.15) is 10.8 Å². The predicted octanol–water partition coefficient (Wildman–Crippen LogP) is 5.50. The molecule has 6 nitrogen and oxygen atoms in total. The summed E-state index contributed by atoms with van der Waals surface area (Å²) in [4.78, 5) is 4.50.